The summed E-state index contributed by atoms with van der Waals surface area (Å²) in [6.07, 6.45) is 13.2. The highest BCUT2D eigenvalue weighted by atomic mass is 16.4. The number of carboxylic acid groups (broad SMARTS) is 1. The van der Waals surface area contributed by atoms with E-state index in [2.05, 4.69) is 32.9 Å². The molecule has 0 aliphatic heterocycles. The Bertz CT molecular complexity index is 356. The van der Waals surface area contributed by atoms with Crippen molar-refractivity contribution in [2.75, 3.05) is 0 Å². The number of carbonyl (C=O) groups is 1. The molecule has 1 saturated carbocycles. The molecule has 1 aliphatic rings. The average molecular weight is 278 g/mol. The summed E-state index contributed by atoms with van der Waals surface area (Å²) >= 11 is 0. The van der Waals surface area contributed by atoms with Gasteiger partial charge < -0.3 is 5.11 Å². The summed E-state index contributed by atoms with van der Waals surface area (Å²) in [7, 11) is 0. The molecule has 0 radical (unpaired) electrons. The maximum Gasteiger partial charge on any atom is 0.307 e. The molecule has 0 spiro atoms. The fourth-order valence-corrected chi connectivity index (χ4v) is 3.12. The van der Waals surface area contributed by atoms with Crippen molar-refractivity contribution in [3.8, 4) is 0 Å². The summed E-state index contributed by atoms with van der Waals surface area (Å²) in [5, 5.41) is 9.48. The topological polar surface area (TPSA) is 37.3 Å². The standard InChI is InChI=1S/C18H30O2/c1-14(2)9-7-8-10-15(3)13-17(18(19)20)16-11-5-4-6-12-16/h9-10,16-17H,4-8,11-13H2,1-3H3,(H,19,20)/b15-10+. The Morgan fingerprint density at radius 1 is 1.10 bits per heavy atom. The summed E-state index contributed by atoms with van der Waals surface area (Å²) in [5.74, 6) is -0.383. The van der Waals surface area contributed by atoms with Gasteiger partial charge in [-0.2, -0.15) is 0 Å². The van der Waals surface area contributed by atoms with Gasteiger partial charge in [-0.15, -0.1) is 0 Å². The molecule has 0 bridgehead atoms. The number of unbranched alkanes of at least 4 members (excludes halogenated alkanes) is 1. The quantitative estimate of drug-likeness (QED) is 0.503. The van der Waals surface area contributed by atoms with Crippen LogP contribution in [0.2, 0.25) is 0 Å². The lowest BCUT2D eigenvalue weighted by Crippen LogP contribution is -2.25. The molecule has 1 aliphatic carbocycles. The van der Waals surface area contributed by atoms with Gasteiger partial charge in [-0.3, -0.25) is 4.79 Å². The van der Waals surface area contributed by atoms with Gasteiger partial charge in [0.25, 0.3) is 0 Å². The molecule has 0 heterocycles. The zero-order valence-corrected chi connectivity index (χ0v) is 13.3. The number of hydrogen-bond acceptors (Lipinski definition) is 1. The Labute approximate surface area is 124 Å². The van der Waals surface area contributed by atoms with E-state index in [1.165, 1.54) is 30.4 Å². The summed E-state index contributed by atoms with van der Waals surface area (Å²) in [6.45, 7) is 6.31. The van der Waals surface area contributed by atoms with Gasteiger partial charge in [0.05, 0.1) is 5.92 Å². The third kappa shape index (κ3) is 6.40. The van der Waals surface area contributed by atoms with Crippen LogP contribution in [0.25, 0.3) is 0 Å². The van der Waals surface area contributed by atoms with Crippen molar-refractivity contribution in [1.82, 2.24) is 0 Å². The first kappa shape index (κ1) is 17.0. The van der Waals surface area contributed by atoms with Crippen molar-refractivity contribution in [1.29, 1.82) is 0 Å². The molecule has 1 rings (SSSR count). The Morgan fingerprint density at radius 3 is 2.25 bits per heavy atom. The third-order valence-electron chi connectivity index (χ3n) is 4.29. The van der Waals surface area contributed by atoms with Crippen molar-refractivity contribution in [2.45, 2.75) is 72.1 Å². The van der Waals surface area contributed by atoms with E-state index in [1.54, 1.807) is 0 Å². The molecular formula is C18H30O2. The molecule has 0 aromatic heterocycles. The highest BCUT2D eigenvalue weighted by Gasteiger charge is 2.29. The Morgan fingerprint density at radius 2 is 1.70 bits per heavy atom. The van der Waals surface area contributed by atoms with E-state index in [9.17, 15) is 9.90 Å². The third-order valence-corrected chi connectivity index (χ3v) is 4.29. The normalized spacial score (nSPS) is 18.6. The summed E-state index contributed by atoms with van der Waals surface area (Å²) in [4.78, 5) is 11.5. The highest BCUT2D eigenvalue weighted by molar-refractivity contribution is 5.70. The first-order chi connectivity index (χ1) is 9.50. The second kappa shape index (κ2) is 8.99. The van der Waals surface area contributed by atoms with Crippen molar-refractivity contribution < 1.29 is 9.90 Å². The molecule has 0 saturated heterocycles. The summed E-state index contributed by atoms with van der Waals surface area (Å²) in [6, 6.07) is 0. The van der Waals surface area contributed by atoms with Crippen LogP contribution in [0.4, 0.5) is 0 Å². The summed E-state index contributed by atoms with van der Waals surface area (Å²) in [5.41, 5.74) is 2.59. The van der Waals surface area contributed by atoms with E-state index in [1.807, 2.05) is 0 Å². The van der Waals surface area contributed by atoms with Crippen LogP contribution in [-0.4, -0.2) is 11.1 Å². The first-order valence-corrected chi connectivity index (χ1v) is 8.02. The Kier molecular flexibility index (Phi) is 7.64. The molecule has 1 atom stereocenters. The van der Waals surface area contributed by atoms with Crippen molar-refractivity contribution in [3.63, 3.8) is 0 Å². The molecule has 2 heteroatoms. The van der Waals surface area contributed by atoms with Crippen LogP contribution in [0.5, 0.6) is 0 Å². The lowest BCUT2D eigenvalue weighted by molar-refractivity contribution is -0.144. The van der Waals surface area contributed by atoms with Gasteiger partial charge in [-0.25, -0.2) is 0 Å². The van der Waals surface area contributed by atoms with Crippen LogP contribution in [0.3, 0.4) is 0 Å². The van der Waals surface area contributed by atoms with Crippen molar-refractivity contribution >= 4 is 5.97 Å². The highest BCUT2D eigenvalue weighted by Crippen LogP contribution is 2.33. The molecule has 0 amide bonds. The van der Waals surface area contributed by atoms with Gasteiger partial charge in [-0.05, 0) is 58.8 Å². The molecule has 114 valence electrons. The number of carboxylic acids is 1. The zero-order chi connectivity index (χ0) is 15.0. The van der Waals surface area contributed by atoms with Gasteiger partial charge in [-0.1, -0.05) is 42.6 Å². The lowest BCUT2D eigenvalue weighted by Gasteiger charge is -2.27. The minimum absolute atomic E-state index is 0.171. The van der Waals surface area contributed by atoms with E-state index >= 15 is 0 Å². The van der Waals surface area contributed by atoms with Crippen LogP contribution in [0.15, 0.2) is 23.3 Å². The van der Waals surface area contributed by atoms with E-state index in [4.69, 9.17) is 0 Å². The number of hydrogen-bond donors (Lipinski definition) is 1. The van der Waals surface area contributed by atoms with Crippen LogP contribution >= 0.6 is 0 Å². The average Bonchev–Trinajstić information content (AvgIpc) is 2.41. The smallest absolute Gasteiger partial charge is 0.307 e. The van der Waals surface area contributed by atoms with Crippen molar-refractivity contribution in [3.05, 3.63) is 23.3 Å². The van der Waals surface area contributed by atoms with Crippen LogP contribution in [-0.2, 0) is 4.79 Å². The fraction of sp³-hybridized carbons (Fsp3) is 0.722. The SMILES string of the molecule is CC(C)=CCC/C=C(\C)CC(C(=O)O)C1CCCCC1. The monoisotopic (exact) mass is 278 g/mol. The number of aliphatic carboxylic acids is 1. The molecule has 20 heavy (non-hydrogen) atoms. The van der Waals surface area contributed by atoms with E-state index in [0.29, 0.717) is 5.92 Å². The first-order valence-electron chi connectivity index (χ1n) is 8.02. The van der Waals surface area contributed by atoms with Gasteiger partial charge >= 0.3 is 5.97 Å². The maximum absolute atomic E-state index is 11.5. The van der Waals surface area contributed by atoms with Crippen molar-refractivity contribution in [2.24, 2.45) is 11.8 Å². The van der Waals surface area contributed by atoms with Gasteiger partial charge in [0.1, 0.15) is 0 Å². The van der Waals surface area contributed by atoms with Gasteiger partial charge in [0.2, 0.25) is 0 Å². The Balaban J connectivity index is 2.49. The van der Waals surface area contributed by atoms with E-state index in [-0.39, 0.29) is 5.92 Å². The van der Waals surface area contributed by atoms with E-state index in [0.717, 1.165) is 32.1 Å². The molecule has 2 nitrogen and oxygen atoms in total. The largest absolute Gasteiger partial charge is 0.481 e. The number of rotatable bonds is 7. The van der Waals surface area contributed by atoms with Gasteiger partial charge in [0.15, 0.2) is 0 Å². The molecule has 0 aromatic carbocycles. The van der Waals surface area contributed by atoms with E-state index < -0.39 is 5.97 Å². The minimum Gasteiger partial charge on any atom is -0.481 e. The van der Waals surface area contributed by atoms with Crippen LogP contribution in [0.1, 0.15) is 72.1 Å². The second-order valence-electron chi connectivity index (χ2n) is 6.46. The van der Waals surface area contributed by atoms with Gasteiger partial charge in [0, 0.05) is 0 Å². The minimum atomic E-state index is -0.603. The molecule has 1 unspecified atom stereocenters. The molecular weight excluding hydrogens is 248 g/mol. The molecule has 1 fully saturated rings. The Hall–Kier alpha value is -1.05. The second-order valence-corrected chi connectivity index (χ2v) is 6.46. The fourth-order valence-electron chi connectivity index (χ4n) is 3.12. The molecule has 1 N–H and O–H groups in total. The predicted molar refractivity (Wildman–Crippen MR) is 84.7 cm³/mol. The number of allylic oxidation sites excluding steroid dienone is 4. The maximum atomic E-state index is 11.5. The zero-order valence-electron chi connectivity index (χ0n) is 13.3. The predicted octanol–water partition coefficient (Wildman–Crippen LogP) is 5.35. The van der Waals surface area contributed by atoms with Crippen LogP contribution < -0.4 is 0 Å². The summed E-state index contributed by atoms with van der Waals surface area (Å²) < 4.78 is 0. The van der Waals surface area contributed by atoms with Crippen LogP contribution in [0, 0.1) is 11.8 Å². The molecule has 0 aromatic rings. The lowest BCUT2D eigenvalue weighted by atomic mass is 9.77.